The standard InChI is InChI=1S/C10H4/c1-2-6-10-8-4-3-7-9(10)5-1/h1-3,8H. The van der Waals surface area contributed by atoms with Crippen LogP contribution in [0.3, 0.4) is 0 Å². The van der Waals surface area contributed by atoms with Crippen LogP contribution in [-0.2, 0) is 0 Å². The third-order valence-corrected chi connectivity index (χ3v) is 1.35. The lowest BCUT2D eigenvalue weighted by molar-refractivity contribution is 1.71. The van der Waals surface area contributed by atoms with Crippen LogP contribution in [0.2, 0.25) is 0 Å². The van der Waals surface area contributed by atoms with Crippen molar-refractivity contribution < 1.29 is 0 Å². The predicted molar refractivity (Wildman–Crippen MR) is 39.3 cm³/mol. The summed E-state index contributed by atoms with van der Waals surface area (Å²) < 4.78 is 0. The number of fused-ring (bicyclic) bond motifs is 1. The van der Waals surface area contributed by atoms with Gasteiger partial charge in [-0.2, -0.15) is 0 Å². The maximum Gasteiger partial charge on any atom is -0.00197 e. The van der Waals surface area contributed by atoms with E-state index in [2.05, 4.69) is 24.3 Å². The van der Waals surface area contributed by atoms with Crippen LogP contribution >= 0.6 is 0 Å². The molecule has 2 rings (SSSR count). The van der Waals surface area contributed by atoms with Gasteiger partial charge in [-0.1, -0.05) is 12.1 Å². The first kappa shape index (κ1) is 5.48. The fraction of sp³-hybridized carbons (Fsp3) is 0. The average molecular weight is 124 g/mol. The molecule has 0 atom stereocenters. The second-order valence-corrected chi connectivity index (χ2v) is 2.01. The number of hydrogen-bond acceptors (Lipinski definition) is 0. The second-order valence-electron chi connectivity index (χ2n) is 2.01. The Morgan fingerprint density at radius 3 is 2.80 bits per heavy atom. The van der Waals surface area contributed by atoms with Gasteiger partial charge in [0.1, 0.15) is 0 Å². The highest BCUT2D eigenvalue weighted by Gasteiger charge is 1.87. The van der Waals surface area contributed by atoms with Crippen LogP contribution in [0.15, 0.2) is 24.3 Å². The van der Waals surface area contributed by atoms with Crippen LogP contribution in [0.4, 0.5) is 0 Å². The molecule has 0 saturated heterocycles. The van der Waals surface area contributed by atoms with Gasteiger partial charge in [-0.05, 0) is 47.2 Å². The normalized spacial score (nSPS) is 10.0. The number of hydrogen-bond donors (Lipinski definition) is 0. The van der Waals surface area contributed by atoms with E-state index in [1.807, 2.05) is 18.2 Å². The van der Waals surface area contributed by atoms with Gasteiger partial charge in [0.05, 0.1) is 0 Å². The Morgan fingerprint density at radius 2 is 1.90 bits per heavy atom. The molecule has 0 heterocycles. The Balaban J connectivity index is 2.89. The summed E-state index contributed by atoms with van der Waals surface area (Å²) in [4.78, 5) is 0. The summed E-state index contributed by atoms with van der Waals surface area (Å²) in [7, 11) is 0. The van der Waals surface area contributed by atoms with E-state index in [0.29, 0.717) is 0 Å². The Kier molecular flexibility index (Phi) is 1.17. The van der Waals surface area contributed by atoms with Gasteiger partial charge in [0, 0.05) is 0 Å². The van der Waals surface area contributed by atoms with Crippen LogP contribution in [0, 0.1) is 24.3 Å². The van der Waals surface area contributed by atoms with Crippen molar-refractivity contribution in [2.24, 2.45) is 0 Å². The first-order valence-corrected chi connectivity index (χ1v) is 3.07. The van der Waals surface area contributed by atoms with Gasteiger partial charge in [0.15, 0.2) is 0 Å². The lowest BCUT2D eigenvalue weighted by Crippen LogP contribution is -1.69. The molecule has 4 radical (unpaired) electrons. The molecule has 0 spiro atoms. The van der Waals surface area contributed by atoms with Crippen molar-refractivity contribution in [1.29, 1.82) is 0 Å². The molecule has 10 heavy (non-hydrogen) atoms. The lowest BCUT2D eigenvalue weighted by atomic mass is 10.1. The molecule has 0 amide bonds. The van der Waals surface area contributed by atoms with Crippen molar-refractivity contribution >= 4 is 10.8 Å². The fourth-order valence-electron chi connectivity index (χ4n) is 0.878. The zero-order chi connectivity index (χ0) is 6.81. The van der Waals surface area contributed by atoms with Crippen molar-refractivity contribution in [2.45, 2.75) is 0 Å². The van der Waals surface area contributed by atoms with Gasteiger partial charge >= 0.3 is 0 Å². The summed E-state index contributed by atoms with van der Waals surface area (Å²) in [6, 6.07) is 19.3. The molecule has 0 aliphatic heterocycles. The molecule has 2 aromatic rings. The van der Waals surface area contributed by atoms with Crippen LogP contribution in [0.25, 0.3) is 10.8 Å². The van der Waals surface area contributed by atoms with E-state index in [9.17, 15) is 0 Å². The second kappa shape index (κ2) is 2.14. The van der Waals surface area contributed by atoms with Gasteiger partial charge < -0.3 is 0 Å². The molecular formula is C10H4. The van der Waals surface area contributed by atoms with Crippen LogP contribution in [0.5, 0.6) is 0 Å². The highest BCUT2D eigenvalue weighted by Crippen LogP contribution is 2.08. The molecule has 0 fully saturated rings. The summed E-state index contributed by atoms with van der Waals surface area (Å²) in [5, 5.41) is 1.99. The molecule has 2 aromatic carbocycles. The lowest BCUT2D eigenvalue weighted by Gasteiger charge is -1.90. The zero-order valence-corrected chi connectivity index (χ0v) is 5.31. The zero-order valence-electron chi connectivity index (χ0n) is 5.31. The summed E-state index contributed by atoms with van der Waals surface area (Å²) in [5.74, 6) is 0. The van der Waals surface area contributed by atoms with E-state index in [1.54, 1.807) is 6.07 Å². The fourth-order valence-corrected chi connectivity index (χ4v) is 0.878. The molecule has 0 heteroatoms. The largest absolute Gasteiger partial charge is 0.0531 e. The summed E-state index contributed by atoms with van der Waals surface area (Å²) >= 11 is 0. The molecule has 0 saturated carbocycles. The topological polar surface area (TPSA) is 0 Å². The molecule has 44 valence electrons. The van der Waals surface area contributed by atoms with Crippen molar-refractivity contribution in [3.63, 3.8) is 0 Å². The van der Waals surface area contributed by atoms with E-state index in [-0.39, 0.29) is 0 Å². The maximum absolute atomic E-state index is 3.06. The highest BCUT2D eigenvalue weighted by molar-refractivity contribution is 5.80. The van der Waals surface area contributed by atoms with Crippen molar-refractivity contribution in [3.8, 4) is 0 Å². The quantitative estimate of drug-likeness (QED) is 0.504. The molecular weight excluding hydrogens is 120 g/mol. The van der Waals surface area contributed by atoms with Crippen LogP contribution in [-0.4, -0.2) is 0 Å². The van der Waals surface area contributed by atoms with Crippen molar-refractivity contribution in [2.75, 3.05) is 0 Å². The van der Waals surface area contributed by atoms with Gasteiger partial charge in [-0.15, -0.1) is 0 Å². The first-order valence-electron chi connectivity index (χ1n) is 3.07. The third-order valence-electron chi connectivity index (χ3n) is 1.35. The van der Waals surface area contributed by atoms with Crippen LogP contribution < -0.4 is 0 Å². The predicted octanol–water partition coefficient (Wildman–Crippen LogP) is 2.04. The number of rotatable bonds is 0. The van der Waals surface area contributed by atoms with E-state index < -0.39 is 0 Å². The Hall–Kier alpha value is -1.30. The van der Waals surface area contributed by atoms with Crippen LogP contribution in [0.1, 0.15) is 0 Å². The van der Waals surface area contributed by atoms with E-state index >= 15 is 0 Å². The maximum atomic E-state index is 3.06. The number of benzene rings is 2. The SMILES string of the molecule is [c]1c[c]c2[c]cc[c]c2c1. The van der Waals surface area contributed by atoms with Gasteiger partial charge in [0.2, 0.25) is 0 Å². The minimum absolute atomic E-state index is 0.973. The van der Waals surface area contributed by atoms with E-state index in [0.717, 1.165) is 10.8 Å². The molecule has 0 nitrogen and oxygen atoms in total. The first-order chi connectivity index (χ1) is 4.97. The Morgan fingerprint density at radius 1 is 1.00 bits per heavy atom. The Bertz CT molecular complexity index is 271. The Labute approximate surface area is 60.1 Å². The monoisotopic (exact) mass is 124 g/mol. The molecule has 0 aliphatic carbocycles. The van der Waals surface area contributed by atoms with Crippen molar-refractivity contribution in [3.05, 3.63) is 48.5 Å². The van der Waals surface area contributed by atoms with Gasteiger partial charge in [-0.25, -0.2) is 0 Å². The molecule has 0 aromatic heterocycles. The smallest absolute Gasteiger partial charge is 0.00197 e. The molecule has 0 unspecified atom stereocenters. The van der Waals surface area contributed by atoms with Gasteiger partial charge in [0.25, 0.3) is 0 Å². The summed E-state index contributed by atoms with van der Waals surface area (Å²) in [6.45, 7) is 0. The average Bonchev–Trinajstić information content (AvgIpc) is 2.05. The van der Waals surface area contributed by atoms with Gasteiger partial charge in [-0.3, -0.25) is 0 Å². The molecule has 0 bridgehead atoms. The van der Waals surface area contributed by atoms with E-state index in [1.165, 1.54) is 0 Å². The summed E-state index contributed by atoms with van der Waals surface area (Å²) in [5.41, 5.74) is 0. The van der Waals surface area contributed by atoms with E-state index in [4.69, 9.17) is 0 Å². The highest BCUT2D eigenvalue weighted by atomic mass is 13.9. The third kappa shape index (κ3) is 0.781. The minimum atomic E-state index is 0.973. The molecule has 0 N–H and O–H groups in total. The minimum Gasteiger partial charge on any atom is -0.0531 e. The summed E-state index contributed by atoms with van der Waals surface area (Å²) in [6.07, 6.45) is 0. The molecule has 0 aliphatic rings. The van der Waals surface area contributed by atoms with Crippen molar-refractivity contribution in [1.82, 2.24) is 0 Å².